The van der Waals surface area contributed by atoms with Gasteiger partial charge in [0.25, 0.3) is 5.91 Å². The van der Waals surface area contributed by atoms with Crippen molar-refractivity contribution >= 4 is 60.8 Å². The molecule has 1 aliphatic heterocycles. The molecule has 1 saturated heterocycles. The molecule has 1 aromatic carbocycles. The lowest BCUT2D eigenvalue weighted by atomic mass is 10.0. The minimum absolute atomic E-state index is 0.00122. The predicted octanol–water partition coefficient (Wildman–Crippen LogP) is 6.13. The van der Waals surface area contributed by atoms with Crippen LogP contribution in [0.3, 0.4) is 0 Å². The van der Waals surface area contributed by atoms with Crippen molar-refractivity contribution in [2.75, 3.05) is 49.2 Å². The summed E-state index contributed by atoms with van der Waals surface area (Å²) in [6, 6.07) is 3.51. The average Bonchev–Trinajstić information content (AvgIpc) is 3.24. The van der Waals surface area contributed by atoms with Crippen LogP contribution in [0.25, 0.3) is 0 Å². The summed E-state index contributed by atoms with van der Waals surface area (Å²) in [5.74, 6) is -0.886. The number of ether oxygens (including phenoxy) is 1. The van der Waals surface area contributed by atoms with Crippen LogP contribution in [0.1, 0.15) is 56.1 Å². The SMILES string of the molecule is CCOC(=O)CN1CCN(c2c(C)cc(N(CCO[Si](C)(C)C(C)(C)C)C(=O)c3c(Cl)ncnc3Cl)cc2CC)C1=O. The summed E-state index contributed by atoms with van der Waals surface area (Å²) in [6.45, 7) is 18.0. The highest BCUT2D eigenvalue weighted by atomic mass is 35.5. The van der Waals surface area contributed by atoms with Crippen LogP contribution >= 0.6 is 23.2 Å². The third kappa shape index (κ3) is 7.42. The maximum atomic E-state index is 14.0. The number of rotatable bonds is 11. The van der Waals surface area contributed by atoms with Gasteiger partial charge in [-0.25, -0.2) is 14.8 Å². The van der Waals surface area contributed by atoms with Crippen LogP contribution in [0.2, 0.25) is 28.4 Å². The molecule has 0 unspecified atom stereocenters. The Morgan fingerprint density at radius 3 is 2.31 bits per heavy atom. The van der Waals surface area contributed by atoms with Crippen molar-refractivity contribution in [2.24, 2.45) is 0 Å². The lowest BCUT2D eigenvalue weighted by Crippen LogP contribution is -2.43. The van der Waals surface area contributed by atoms with E-state index >= 15 is 0 Å². The van der Waals surface area contributed by atoms with Gasteiger partial charge in [0.2, 0.25) is 0 Å². The smallest absolute Gasteiger partial charge is 0.325 e. The van der Waals surface area contributed by atoms with Gasteiger partial charge in [0.05, 0.1) is 18.9 Å². The van der Waals surface area contributed by atoms with E-state index in [4.69, 9.17) is 32.4 Å². The van der Waals surface area contributed by atoms with Gasteiger partial charge in [-0.2, -0.15) is 0 Å². The number of hydrogen-bond acceptors (Lipinski definition) is 7. The number of nitrogens with zero attached hydrogens (tertiary/aromatic N) is 5. The molecule has 3 rings (SSSR count). The number of esters is 1. The largest absolute Gasteiger partial charge is 0.465 e. The third-order valence-electron chi connectivity index (χ3n) is 7.84. The Morgan fingerprint density at radius 2 is 1.74 bits per heavy atom. The van der Waals surface area contributed by atoms with Gasteiger partial charge in [-0.1, -0.05) is 50.9 Å². The maximum absolute atomic E-state index is 14.0. The molecule has 230 valence electrons. The maximum Gasteiger partial charge on any atom is 0.325 e. The van der Waals surface area contributed by atoms with Gasteiger partial charge in [-0.15, -0.1) is 0 Å². The van der Waals surface area contributed by atoms with Crippen LogP contribution in [0, 0.1) is 6.92 Å². The number of anilines is 2. The van der Waals surface area contributed by atoms with Crippen molar-refractivity contribution in [2.45, 2.75) is 66.1 Å². The molecule has 2 heterocycles. The molecule has 1 fully saturated rings. The third-order valence-corrected chi connectivity index (χ3v) is 13.0. The van der Waals surface area contributed by atoms with Crippen LogP contribution in [-0.4, -0.2) is 80.5 Å². The topological polar surface area (TPSA) is 105 Å². The first-order chi connectivity index (χ1) is 19.6. The van der Waals surface area contributed by atoms with E-state index in [0.29, 0.717) is 31.8 Å². The second-order valence-corrected chi connectivity index (χ2v) is 17.2. The van der Waals surface area contributed by atoms with Crippen LogP contribution in [0.5, 0.6) is 0 Å². The molecule has 0 radical (unpaired) electrons. The first kappa shape index (κ1) is 33.8. The van der Waals surface area contributed by atoms with Gasteiger partial charge < -0.3 is 19.0 Å². The van der Waals surface area contributed by atoms with E-state index in [1.54, 1.807) is 16.7 Å². The number of carbonyl (C=O) groups is 3. The van der Waals surface area contributed by atoms with E-state index in [-0.39, 0.29) is 46.6 Å². The van der Waals surface area contributed by atoms with Gasteiger partial charge in [0.15, 0.2) is 8.32 Å². The van der Waals surface area contributed by atoms with Gasteiger partial charge in [0, 0.05) is 25.3 Å². The van der Waals surface area contributed by atoms with Crippen LogP contribution in [0.15, 0.2) is 18.5 Å². The van der Waals surface area contributed by atoms with Crippen LogP contribution in [-0.2, 0) is 20.4 Å². The number of aryl methyl sites for hydroxylation is 2. The zero-order valence-corrected chi connectivity index (χ0v) is 28.2. The first-order valence-electron chi connectivity index (χ1n) is 14.1. The van der Waals surface area contributed by atoms with Crippen molar-refractivity contribution in [1.29, 1.82) is 0 Å². The predicted molar refractivity (Wildman–Crippen MR) is 168 cm³/mol. The highest BCUT2D eigenvalue weighted by Gasteiger charge is 2.38. The number of carbonyl (C=O) groups excluding carboxylic acids is 3. The Hall–Kier alpha value is -2.73. The normalized spacial score (nSPS) is 14.0. The second kappa shape index (κ2) is 13.7. The molecule has 2 aromatic rings. The molecule has 1 aliphatic rings. The van der Waals surface area contributed by atoms with Crippen molar-refractivity contribution in [3.05, 3.63) is 45.5 Å². The summed E-state index contributed by atoms with van der Waals surface area (Å²) >= 11 is 12.6. The molecule has 0 spiro atoms. The summed E-state index contributed by atoms with van der Waals surface area (Å²) in [6.07, 6.45) is 1.81. The van der Waals surface area contributed by atoms with Gasteiger partial charge >= 0.3 is 12.0 Å². The summed E-state index contributed by atoms with van der Waals surface area (Å²) < 4.78 is 11.4. The van der Waals surface area contributed by atoms with Crippen LogP contribution < -0.4 is 9.80 Å². The molecular weight excluding hydrogens is 597 g/mol. The average molecular weight is 639 g/mol. The second-order valence-electron chi connectivity index (χ2n) is 11.7. The van der Waals surface area contributed by atoms with E-state index in [9.17, 15) is 14.4 Å². The molecule has 0 saturated carbocycles. The molecular formula is C29H41Cl2N5O5Si. The Kier molecular flexibility index (Phi) is 11.0. The number of amides is 3. The molecule has 1 aromatic heterocycles. The monoisotopic (exact) mass is 637 g/mol. The highest BCUT2D eigenvalue weighted by molar-refractivity contribution is 6.74. The van der Waals surface area contributed by atoms with Gasteiger partial charge in [-0.3, -0.25) is 14.5 Å². The van der Waals surface area contributed by atoms with Gasteiger partial charge in [-0.05, 0) is 61.7 Å². The number of urea groups is 1. The Balaban J connectivity index is 1.99. The Labute approximate surface area is 259 Å². The number of halogens is 2. The summed E-state index contributed by atoms with van der Waals surface area (Å²) in [4.78, 5) is 52.0. The minimum Gasteiger partial charge on any atom is -0.465 e. The zero-order valence-electron chi connectivity index (χ0n) is 25.7. The highest BCUT2D eigenvalue weighted by Crippen LogP contribution is 2.37. The van der Waals surface area contributed by atoms with Crippen LogP contribution in [0.4, 0.5) is 16.2 Å². The summed E-state index contributed by atoms with van der Waals surface area (Å²) in [7, 11) is -2.09. The zero-order chi connectivity index (χ0) is 31.4. The van der Waals surface area contributed by atoms with E-state index in [1.807, 2.05) is 26.0 Å². The lowest BCUT2D eigenvalue weighted by molar-refractivity contribution is -0.143. The molecule has 0 bridgehead atoms. The van der Waals surface area contributed by atoms with Crippen molar-refractivity contribution in [3.63, 3.8) is 0 Å². The first-order valence-corrected chi connectivity index (χ1v) is 17.8. The molecule has 0 N–H and O–H groups in total. The molecule has 10 nitrogen and oxygen atoms in total. The molecule has 42 heavy (non-hydrogen) atoms. The lowest BCUT2D eigenvalue weighted by Gasteiger charge is -2.37. The minimum atomic E-state index is -2.09. The Morgan fingerprint density at radius 1 is 1.10 bits per heavy atom. The molecule has 0 aliphatic carbocycles. The van der Waals surface area contributed by atoms with Crippen molar-refractivity contribution in [1.82, 2.24) is 14.9 Å². The quantitative estimate of drug-likeness (QED) is 0.166. The summed E-state index contributed by atoms with van der Waals surface area (Å²) in [5, 5.41) is -0.0777. The molecule has 0 atom stereocenters. The fourth-order valence-electron chi connectivity index (χ4n) is 4.56. The number of hydrogen-bond donors (Lipinski definition) is 0. The standard InChI is InChI=1S/C29H41Cl2N5O5Si/c1-9-20-16-21(15-19(3)24(20)36-12-11-34(28(36)39)17-22(37)40-10-2)35(13-14-41-42(7,8)29(4,5)6)27(38)23-25(30)32-18-33-26(23)31/h15-16,18H,9-14,17H2,1-8H3. The van der Waals surface area contributed by atoms with Gasteiger partial charge in [0.1, 0.15) is 28.7 Å². The molecule has 13 heteroatoms. The number of aromatic nitrogens is 2. The van der Waals surface area contributed by atoms with E-state index < -0.39 is 20.2 Å². The van der Waals surface area contributed by atoms with Crippen molar-refractivity contribution in [3.8, 4) is 0 Å². The Bertz CT molecular complexity index is 1310. The fraction of sp³-hybridized carbons (Fsp3) is 0.552. The molecule has 3 amide bonds. The number of benzene rings is 1. The summed E-state index contributed by atoms with van der Waals surface area (Å²) in [5.41, 5.74) is 3.07. The van der Waals surface area contributed by atoms with Crippen molar-refractivity contribution < 1.29 is 23.5 Å². The van der Waals surface area contributed by atoms with E-state index in [0.717, 1.165) is 16.8 Å². The van der Waals surface area contributed by atoms with E-state index in [2.05, 4.69) is 43.8 Å². The fourth-order valence-corrected chi connectivity index (χ4v) is 6.07. The van der Waals surface area contributed by atoms with E-state index in [1.165, 1.54) is 11.2 Å².